The number of ether oxygens (including phenoxy) is 1. The molecule has 0 aromatic carbocycles. The summed E-state index contributed by atoms with van der Waals surface area (Å²) in [5.74, 6) is 1.46. The molecule has 1 aliphatic heterocycles. The Morgan fingerprint density at radius 1 is 1.19 bits per heavy atom. The lowest BCUT2D eigenvalue weighted by atomic mass is 9.73. The third-order valence-corrected chi connectivity index (χ3v) is 5.71. The number of hydrogen-bond acceptors (Lipinski definition) is 4. The van der Waals surface area contributed by atoms with Crippen LogP contribution in [0.1, 0.15) is 39.5 Å². The van der Waals surface area contributed by atoms with Crippen LogP contribution >= 0.6 is 0 Å². The molecule has 1 saturated carbocycles. The number of aliphatic imine (C=N–C) groups is 1. The Hall–Kier alpha value is -1.34. The molecule has 1 aliphatic carbocycles. The predicted octanol–water partition coefficient (Wildman–Crippen LogP) is 1.16. The minimum atomic E-state index is 0.0173. The van der Waals surface area contributed by atoms with E-state index in [9.17, 15) is 4.79 Å². The van der Waals surface area contributed by atoms with Gasteiger partial charge in [-0.05, 0) is 37.0 Å². The molecule has 0 atom stereocenters. The molecule has 2 rings (SSSR count). The molecule has 2 N–H and O–H groups in total. The van der Waals surface area contributed by atoms with Crippen molar-refractivity contribution in [3.05, 3.63) is 0 Å². The van der Waals surface area contributed by atoms with Crippen LogP contribution in [0.3, 0.4) is 0 Å². The molecule has 0 aromatic rings. The van der Waals surface area contributed by atoms with E-state index in [1.54, 1.807) is 19.0 Å². The predicted molar refractivity (Wildman–Crippen MR) is 110 cm³/mol. The monoisotopic (exact) mass is 381 g/mol. The average Bonchev–Trinajstić information content (AvgIpc) is 2.65. The van der Waals surface area contributed by atoms with Gasteiger partial charge in [0.05, 0.1) is 13.2 Å². The molecule has 1 heterocycles. The summed E-state index contributed by atoms with van der Waals surface area (Å²) in [6.45, 7) is 11.2. The summed E-state index contributed by atoms with van der Waals surface area (Å²) in [7, 11) is 3.53. The second-order valence-corrected chi connectivity index (χ2v) is 8.82. The number of nitrogens with one attached hydrogen (secondary N) is 2. The number of hydrogen-bond donors (Lipinski definition) is 2. The van der Waals surface area contributed by atoms with Crippen LogP contribution in [0, 0.1) is 11.3 Å². The Morgan fingerprint density at radius 3 is 2.48 bits per heavy atom. The normalized spacial score (nSPS) is 21.7. The van der Waals surface area contributed by atoms with Crippen molar-refractivity contribution in [1.82, 2.24) is 20.4 Å². The highest BCUT2D eigenvalue weighted by Gasteiger charge is 2.26. The highest BCUT2D eigenvalue weighted by Crippen LogP contribution is 2.37. The number of morpholine rings is 1. The first-order chi connectivity index (χ1) is 12.9. The number of guanidine groups is 1. The number of carbonyl (C=O) groups excluding carboxylic acids is 1. The van der Waals surface area contributed by atoms with E-state index >= 15 is 0 Å². The van der Waals surface area contributed by atoms with Gasteiger partial charge in [-0.3, -0.25) is 9.69 Å². The van der Waals surface area contributed by atoms with Gasteiger partial charge in [0.15, 0.2) is 5.96 Å². The standard InChI is InChI=1S/C20H39N5O2/c1-20(2)7-5-17(6-8-20)15-22-19(23-16-18(26)24(3)4)21-9-10-25-11-13-27-14-12-25/h17H,5-16H2,1-4H3,(H2,21,22,23). The second-order valence-electron chi connectivity index (χ2n) is 8.82. The van der Waals surface area contributed by atoms with Crippen LogP contribution in [0.4, 0.5) is 0 Å². The van der Waals surface area contributed by atoms with E-state index in [1.165, 1.54) is 25.7 Å². The number of nitrogens with zero attached hydrogens (tertiary/aromatic N) is 3. The van der Waals surface area contributed by atoms with Gasteiger partial charge in [0, 0.05) is 46.8 Å². The molecule has 7 heteroatoms. The molecule has 1 saturated heterocycles. The molecule has 0 spiro atoms. The summed E-state index contributed by atoms with van der Waals surface area (Å²) >= 11 is 0. The van der Waals surface area contributed by atoms with Gasteiger partial charge in [0.25, 0.3) is 0 Å². The zero-order valence-corrected chi connectivity index (χ0v) is 17.7. The van der Waals surface area contributed by atoms with Crippen LogP contribution in [0.2, 0.25) is 0 Å². The van der Waals surface area contributed by atoms with Crippen LogP contribution in [0.25, 0.3) is 0 Å². The SMILES string of the molecule is CN(C)C(=O)CN=C(NCCN1CCOCC1)NCC1CCC(C)(C)CC1. The summed E-state index contributed by atoms with van der Waals surface area (Å²) in [5, 5.41) is 6.88. The van der Waals surface area contributed by atoms with Crippen LogP contribution in [0.5, 0.6) is 0 Å². The number of carbonyl (C=O) groups is 1. The molecule has 1 amide bonds. The highest BCUT2D eigenvalue weighted by molar-refractivity contribution is 5.84. The fourth-order valence-electron chi connectivity index (χ4n) is 3.52. The van der Waals surface area contributed by atoms with Crippen molar-refractivity contribution in [1.29, 1.82) is 0 Å². The lowest BCUT2D eigenvalue weighted by molar-refractivity contribution is -0.127. The Kier molecular flexibility index (Phi) is 8.83. The molecule has 7 nitrogen and oxygen atoms in total. The van der Waals surface area contributed by atoms with E-state index in [-0.39, 0.29) is 12.5 Å². The van der Waals surface area contributed by atoms with Crippen molar-refractivity contribution in [2.75, 3.05) is 66.6 Å². The lowest BCUT2D eigenvalue weighted by Crippen LogP contribution is -2.46. The topological polar surface area (TPSA) is 69.2 Å². The van der Waals surface area contributed by atoms with Gasteiger partial charge in [0.2, 0.25) is 5.91 Å². The first-order valence-electron chi connectivity index (χ1n) is 10.4. The number of amides is 1. The van der Waals surface area contributed by atoms with E-state index in [2.05, 4.69) is 34.4 Å². The summed E-state index contributed by atoms with van der Waals surface area (Å²) in [6.07, 6.45) is 5.10. The van der Waals surface area contributed by atoms with Gasteiger partial charge in [-0.15, -0.1) is 0 Å². The van der Waals surface area contributed by atoms with Crippen molar-refractivity contribution in [3.63, 3.8) is 0 Å². The first kappa shape index (κ1) is 22.0. The van der Waals surface area contributed by atoms with Crippen LogP contribution in [-0.2, 0) is 9.53 Å². The van der Waals surface area contributed by atoms with E-state index in [4.69, 9.17) is 4.74 Å². The Balaban J connectivity index is 1.79. The van der Waals surface area contributed by atoms with Gasteiger partial charge in [-0.1, -0.05) is 13.8 Å². The molecule has 2 aliphatic rings. The van der Waals surface area contributed by atoms with Crippen LogP contribution in [-0.4, -0.2) is 88.2 Å². The van der Waals surface area contributed by atoms with E-state index < -0.39 is 0 Å². The molecule has 27 heavy (non-hydrogen) atoms. The van der Waals surface area contributed by atoms with Crippen molar-refractivity contribution >= 4 is 11.9 Å². The van der Waals surface area contributed by atoms with Crippen molar-refractivity contribution in [2.45, 2.75) is 39.5 Å². The zero-order valence-electron chi connectivity index (χ0n) is 17.7. The summed E-state index contributed by atoms with van der Waals surface area (Å²) in [5.41, 5.74) is 0.488. The molecular formula is C20H39N5O2. The van der Waals surface area contributed by atoms with Crippen molar-refractivity contribution < 1.29 is 9.53 Å². The number of likely N-dealkylation sites (N-methyl/N-ethyl adjacent to an activating group) is 1. The third kappa shape index (κ3) is 8.47. The summed E-state index contributed by atoms with van der Waals surface area (Å²) in [4.78, 5) is 20.4. The minimum Gasteiger partial charge on any atom is -0.379 e. The molecular weight excluding hydrogens is 342 g/mol. The maximum Gasteiger partial charge on any atom is 0.243 e. The van der Waals surface area contributed by atoms with Crippen LogP contribution < -0.4 is 10.6 Å². The zero-order chi connectivity index (χ0) is 19.7. The number of rotatable bonds is 7. The van der Waals surface area contributed by atoms with Gasteiger partial charge in [-0.25, -0.2) is 4.99 Å². The minimum absolute atomic E-state index is 0.0173. The van der Waals surface area contributed by atoms with Crippen molar-refractivity contribution in [3.8, 4) is 0 Å². The quantitative estimate of drug-likeness (QED) is 0.512. The molecule has 0 bridgehead atoms. The average molecular weight is 382 g/mol. The van der Waals surface area contributed by atoms with Gasteiger partial charge >= 0.3 is 0 Å². The molecule has 156 valence electrons. The van der Waals surface area contributed by atoms with Gasteiger partial charge < -0.3 is 20.3 Å². The second kappa shape index (κ2) is 10.9. The molecule has 0 radical (unpaired) electrons. The Morgan fingerprint density at radius 2 is 1.85 bits per heavy atom. The highest BCUT2D eigenvalue weighted by atomic mass is 16.5. The lowest BCUT2D eigenvalue weighted by Gasteiger charge is -2.34. The molecule has 0 unspecified atom stereocenters. The van der Waals surface area contributed by atoms with Crippen LogP contribution in [0.15, 0.2) is 4.99 Å². The largest absolute Gasteiger partial charge is 0.379 e. The van der Waals surface area contributed by atoms with Crippen molar-refractivity contribution in [2.24, 2.45) is 16.3 Å². The van der Waals surface area contributed by atoms with Gasteiger partial charge in [0.1, 0.15) is 6.54 Å². The summed E-state index contributed by atoms with van der Waals surface area (Å²) < 4.78 is 5.39. The maximum atomic E-state index is 11.9. The smallest absolute Gasteiger partial charge is 0.243 e. The van der Waals surface area contributed by atoms with Gasteiger partial charge in [-0.2, -0.15) is 0 Å². The fraction of sp³-hybridized carbons (Fsp3) is 0.900. The molecule has 0 aromatic heterocycles. The van der Waals surface area contributed by atoms with E-state index in [1.807, 2.05) is 0 Å². The maximum absolute atomic E-state index is 11.9. The Labute approximate surface area is 164 Å². The van der Waals surface area contributed by atoms with E-state index in [0.29, 0.717) is 11.3 Å². The third-order valence-electron chi connectivity index (χ3n) is 5.71. The first-order valence-corrected chi connectivity index (χ1v) is 10.4. The fourth-order valence-corrected chi connectivity index (χ4v) is 3.52. The van der Waals surface area contributed by atoms with E-state index in [0.717, 1.165) is 51.9 Å². The molecule has 2 fully saturated rings. The Bertz CT molecular complexity index is 477. The summed E-state index contributed by atoms with van der Waals surface area (Å²) in [6, 6.07) is 0.